The smallest absolute Gasteiger partial charge is 0.140 e. The molecule has 0 radical (unpaired) electrons. The lowest BCUT2D eigenvalue weighted by atomic mass is 9.74. The highest BCUT2D eigenvalue weighted by atomic mass is 16.1. The van der Waals surface area contributed by atoms with E-state index in [-0.39, 0.29) is 0 Å². The third kappa shape index (κ3) is 3.69. The summed E-state index contributed by atoms with van der Waals surface area (Å²) in [4.78, 5) is 12.3. The number of carbonyl (C=O) groups is 1. The lowest BCUT2D eigenvalue weighted by Crippen LogP contribution is -2.26. The summed E-state index contributed by atoms with van der Waals surface area (Å²) in [6, 6.07) is 0. The number of carbonyl (C=O) groups excluding carboxylic acids is 1. The van der Waals surface area contributed by atoms with Crippen LogP contribution in [0, 0.1) is 17.8 Å². The Balaban J connectivity index is 1.88. The van der Waals surface area contributed by atoms with Gasteiger partial charge in [0.15, 0.2) is 0 Å². The van der Waals surface area contributed by atoms with Gasteiger partial charge in [0.05, 0.1) is 0 Å². The molecule has 0 N–H and O–H groups in total. The SMILES string of the molecule is CC1CC(C)CC(C(=O)CC2=CCCCC2)C1. The molecule has 0 aromatic heterocycles. The molecule has 0 spiro atoms. The minimum atomic E-state index is 0.358. The van der Waals surface area contributed by atoms with Gasteiger partial charge >= 0.3 is 0 Å². The number of ketones is 1. The van der Waals surface area contributed by atoms with Crippen LogP contribution in [0.2, 0.25) is 0 Å². The zero-order valence-corrected chi connectivity index (χ0v) is 11.4. The maximum absolute atomic E-state index is 12.3. The van der Waals surface area contributed by atoms with E-state index >= 15 is 0 Å². The molecule has 2 unspecified atom stereocenters. The van der Waals surface area contributed by atoms with E-state index in [1.54, 1.807) is 0 Å². The van der Waals surface area contributed by atoms with Gasteiger partial charge in [-0.15, -0.1) is 0 Å². The Morgan fingerprint density at radius 3 is 2.47 bits per heavy atom. The summed E-state index contributed by atoms with van der Waals surface area (Å²) in [5.74, 6) is 2.37. The molecule has 0 aromatic carbocycles. The first-order chi connectivity index (χ1) is 8.15. The Bertz CT molecular complexity index is 293. The van der Waals surface area contributed by atoms with Gasteiger partial charge in [-0.05, 0) is 56.8 Å². The molecular formula is C16H26O. The standard InChI is InChI=1S/C16H26O/c1-12-8-13(2)10-15(9-12)16(17)11-14-6-4-3-5-7-14/h6,12-13,15H,3-5,7-11H2,1-2H3. The van der Waals surface area contributed by atoms with E-state index in [0.717, 1.165) is 31.1 Å². The largest absolute Gasteiger partial charge is 0.299 e. The fraction of sp³-hybridized carbons (Fsp3) is 0.812. The number of Topliss-reactive ketones (excluding diaryl/α,β-unsaturated/α-hetero) is 1. The molecule has 0 saturated heterocycles. The van der Waals surface area contributed by atoms with Crippen molar-refractivity contribution in [1.29, 1.82) is 0 Å². The lowest BCUT2D eigenvalue weighted by Gasteiger charge is -2.30. The highest BCUT2D eigenvalue weighted by Crippen LogP contribution is 2.35. The second kappa shape index (κ2) is 5.84. The fourth-order valence-electron chi connectivity index (χ4n) is 3.64. The highest BCUT2D eigenvalue weighted by molar-refractivity contribution is 5.83. The molecule has 0 aromatic rings. The molecule has 2 aliphatic carbocycles. The van der Waals surface area contributed by atoms with Gasteiger partial charge in [0, 0.05) is 12.3 Å². The predicted octanol–water partition coefficient (Wildman–Crippen LogP) is 4.52. The van der Waals surface area contributed by atoms with E-state index in [2.05, 4.69) is 19.9 Å². The van der Waals surface area contributed by atoms with Gasteiger partial charge in [0.1, 0.15) is 5.78 Å². The molecule has 0 aliphatic heterocycles. The Labute approximate surface area is 106 Å². The van der Waals surface area contributed by atoms with E-state index in [1.807, 2.05) is 0 Å². The Morgan fingerprint density at radius 2 is 1.88 bits per heavy atom. The highest BCUT2D eigenvalue weighted by Gasteiger charge is 2.28. The molecule has 1 saturated carbocycles. The first-order valence-electron chi connectivity index (χ1n) is 7.35. The van der Waals surface area contributed by atoms with Crippen molar-refractivity contribution < 1.29 is 4.79 Å². The molecule has 0 amide bonds. The Hall–Kier alpha value is -0.590. The van der Waals surface area contributed by atoms with Gasteiger partial charge in [-0.25, -0.2) is 0 Å². The van der Waals surface area contributed by atoms with Crippen LogP contribution in [0.25, 0.3) is 0 Å². The van der Waals surface area contributed by atoms with Crippen LogP contribution in [0.1, 0.15) is 65.2 Å². The molecule has 1 heteroatoms. The molecule has 2 atom stereocenters. The van der Waals surface area contributed by atoms with E-state index < -0.39 is 0 Å². The average Bonchev–Trinajstić information content (AvgIpc) is 2.29. The summed E-state index contributed by atoms with van der Waals surface area (Å²) >= 11 is 0. The summed E-state index contributed by atoms with van der Waals surface area (Å²) in [5, 5.41) is 0. The maximum atomic E-state index is 12.3. The van der Waals surface area contributed by atoms with Crippen molar-refractivity contribution in [3.63, 3.8) is 0 Å². The minimum Gasteiger partial charge on any atom is -0.299 e. The number of rotatable bonds is 3. The summed E-state index contributed by atoms with van der Waals surface area (Å²) in [6.07, 6.45) is 11.6. The van der Waals surface area contributed by atoms with Crippen LogP contribution in [0.15, 0.2) is 11.6 Å². The zero-order chi connectivity index (χ0) is 12.3. The molecule has 2 rings (SSSR count). The monoisotopic (exact) mass is 234 g/mol. The van der Waals surface area contributed by atoms with Crippen molar-refractivity contribution in [2.75, 3.05) is 0 Å². The van der Waals surface area contributed by atoms with Gasteiger partial charge < -0.3 is 0 Å². The molecule has 2 aliphatic rings. The number of hydrogen-bond donors (Lipinski definition) is 0. The third-order valence-corrected chi connectivity index (χ3v) is 4.42. The van der Waals surface area contributed by atoms with Crippen molar-refractivity contribution in [1.82, 2.24) is 0 Å². The van der Waals surface area contributed by atoms with Gasteiger partial charge in [-0.3, -0.25) is 4.79 Å². The van der Waals surface area contributed by atoms with Crippen molar-refractivity contribution >= 4 is 5.78 Å². The number of allylic oxidation sites excluding steroid dienone is 2. The quantitative estimate of drug-likeness (QED) is 0.656. The minimum absolute atomic E-state index is 0.358. The average molecular weight is 234 g/mol. The van der Waals surface area contributed by atoms with Crippen molar-refractivity contribution in [3.8, 4) is 0 Å². The first-order valence-corrected chi connectivity index (χ1v) is 7.35. The number of hydrogen-bond acceptors (Lipinski definition) is 1. The lowest BCUT2D eigenvalue weighted by molar-refractivity contribution is -0.124. The van der Waals surface area contributed by atoms with Gasteiger partial charge in [-0.1, -0.05) is 25.5 Å². The maximum Gasteiger partial charge on any atom is 0.140 e. The van der Waals surface area contributed by atoms with Crippen molar-refractivity contribution in [3.05, 3.63) is 11.6 Å². The normalized spacial score (nSPS) is 34.2. The molecular weight excluding hydrogens is 208 g/mol. The Morgan fingerprint density at radius 1 is 1.18 bits per heavy atom. The topological polar surface area (TPSA) is 17.1 Å². The van der Waals surface area contributed by atoms with Gasteiger partial charge in [-0.2, -0.15) is 0 Å². The first kappa shape index (κ1) is 12.9. The summed E-state index contributed by atoms with van der Waals surface area (Å²) < 4.78 is 0. The van der Waals surface area contributed by atoms with Crippen molar-refractivity contribution in [2.24, 2.45) is 17.8 Å². The van der Waals surface area contributed by atoms with Crippen LogP contribution in [0.5, 0.6) is 0 Å². The zero-order valence-electron chi connectivity index (χ0n) is 11.4. The second-order valence-electron chi connectivity index (χ2n) is 6.37. The Kier molecular flexibility index (Phi) is 4.42. The fourth-order valence-corrected chi connectivity index (χ4v) is 3.64. The van der Waals surface area contributed by atoms with Gasteiger partial charge in [0.25, 0.3) is 0 Å². The molecule has 96 valence electrons. The van der Waals surface area contributed by atoms with Gasteiger partial charge in [0.2, 0.25) is 0 Å². The summed E-state index contributed by atoms with van der Waals surface area (Å²) in [7, 11) is 0. The van der Waals surface area contributed by atoms with E-state index in [4.69, 9.17) is 0 Å². The summed E-state index contributed by atoms with van der Waals surface area (Å²) in [6.45, 7) is 4.60. The van der Waals surface area contributed by atoms with Crippen LogP contribution < -0.4 is 0 Å². The molecule has 0 heterocycles. The predicted molar refractivity (Wildman–Crippen MR) is 71.8 cm³/mol. The van der Waals surface area contributed by atoms with E-state index in [9.17, 15) is 4.79 Å². The molecule has 0 bridgehead atoms. The van der Waals surface area contributed by atoms with Crippen LogP contribution in [0.3, 0.4) is 0 Å². The van der Waals surface area contributed by atoms with Crippen LogP contribution in [0.4, 0.5) is 0 Å². The van der Waals surface area contributed by atoms with Crippen LogP contribution in [-0.4, -0.2) is 5.78 Å². The molecule has 17 heavy (non-hydrogen) atoms. The van der Waals surface area contributed by atoms with E-state index in [0.29, 0.717) is 11.7 Å². The van der Waals surface area contributed by atoms with Crippen molar-refractivity contribution in [2.45, 2.75) is 65.2 Å². The van der Waals surface area contributed by atoms with Crippen LogP contribution >= 0.6 is 0 Å². The van der Waals surface area contributed by atoms with Crippen LogP contribution in [-0.2, 0) is 4.79 Å². The second-order valence-corrected chi connectivity index (χ2v) is 6.37. The third-order valence-electron chi connectivity index (χ3n) is 4.42. The molecule has 1 fully saturated rings. The van der Waals surface area contributed by atoms with E-state index in [1.165, 1.54) is 37.7 Å². The summed E-state index contributed by atoms with van der Waals surface area (Å²) in [5.41, 5.74) is 1.42. The molecule has 1 nitrogen and oxygen atoms in total.